The van der Waals surface area contributed by atoms with Crippen molar-refractivity contribution in [3.8, 4) is 11.1 Å². The van der Waals surface area contributed by atoms with Crippen molar-refractivity contribution in [3.05, 3.63) is 95.6 Å². The number of aryl methyl sites for hydroxylation is 1. The van der Waals surface area contributed by atoms with Gasteiger partial charge in [-0.3, -0.25) is 4.79 Å². The summed E-state index contributed by atoms with van der Waals surface area (Å²) in [6.07, 6.45) is 9.89. The number of alkyl halides is 3. The lowest BCUT2D eigenvalue weighted by molar-refractivity contribution is -0.110. The molecule has 2 saturated carbocycles. The molecule has 206 valence electrons. The number of benzene rings is 3. The highest BCUT2D eigenvalue weighted by molar-refractivity contribution is 5.79. The Kier molecular flexibility index (Phi) is 13.9. The molecule has 0 N–H and O–H groups in total. The molecule has 3 aromatic carbocycles. The second-order valence-electron chi connectivity index (χ2n) is 10.3. The predicted octanol–water partition coefficient (Wildman–Crippen LogP) is 11.0. The average Bonchev–Trinajstić information content (AvgIpc) is 2.84. The molecular weight excluding hydrogens is 481 g/mol. The standard InChI is InChI=1S/C18H18O.C8H16.C6H6.C2H3F3/c1-13-11-17(9-10-18(13)12-19)16-7-5-15(6-8-16)14-3-2-4-14;1-2-3-5-8-6-4-7-8;1-2-4-6-5-3-1;1-2(3,4)5/h5-12,14H,2-4H2,1H3;8H,2-7H2,1H3;1-6H;1H3. The zero-order chi connectivity index (χ0) is 27.8. The van der Waals surface area contributed by atoms with Gasteiger partial charge in [-0.15, -0.1) is 0 Å². The molecule has 0 atom stereocenters. The Balaban J connectivity index is 0.000000218. The molecule has 5 rings (SSSR count). The lowest BCUT2D eigenvalue weighted by Crippen LogP contribution is -2.09. The van der Waals surface area contributed by atoms with Gasteiger partial charge < -0.3 is 0 Å². The summed E-state index contributed by atoms with van der Waals surface area (Å²) in [5, 5.41) is 0. The van der Waals surface area contributed by atoms with Crippen molar-refractivity contribution >= 4 is 6.29 Å². The van der Waals surface area contributed by atoms with Crippen LogP contribution in [0.1, 0.15) is 99.0 Å². The maximum Gasteiger partial charge on any atom is 0.386 e. The van der Waals surface area contributed by atoms with Crippen LogP contribution in [0.2, 0.25) is 0 Å². The van der Waals surface area contributed by atoms with Gasteiger partial charge in [0.2, 0.25) is 0 Å². The van der Waals surface area contributed by atoms with Crippen molar-refractivity contribution in [2.45, 2.75) is 90.7 Å². The van der Waals surface area contributed by atoms with Gasteiger partial charge in [0.1, 0.15) is 6.29 Å². The molecular formula is C34H43F3O. The highest BCUT2D eigenvalue weighted by Gasteiger charge is 2.19. The van der Waals surface area contributed by atoms with Crippen molar-refractivity contribution in [3.63, 3.8) is 0 Å². The van der Waals surface area contributed by atoms with Gasteiger partial charge in [0.15, 0.2) is 0 Å². The van der Waals surface area contributed by atoms with Crippen LogP contribution in [-0.2, 0) is 0 Å². The Morgan fingerprint density at radius 3 is 1.68 bits per heavy atom. The first kappa shape index (κ1) is 31.3. The molecule has 2 fully saturated rings. The first-order valence-electron chi connectivity index (χ1n) is 13.9. The number of carbonyl (C=O) groups is 1. The van der Waals surface area contributed by atoms with Crippen LogP contribution in [0.25, 0.3) is 11.1 Å². The van der Waals surface area contributed by atoms with Crippen molar-refractivity contribution in [2.24, 2.45) is 5.92 Å². The highest BCUT2D eigenvalue weighted by Crippen LogP contribution is 2.37. The largest absolute Gasteiger partial charge is 0.386 e. The lowest BCUT2D eigenvalue weighted by Gasteiger charge is -2.25. The monoisotopic (exact) mass is 524 g/mol. The van der Waals surface area contributed by atoms with E-state index < -0.39 is 6.18 Å². The number of halogens is 3. The molecule has 0 bridgehead atoms. The molecule has 3 aromatic rings. The van der Waals surface area contributed by atoms with Crippen molar-refractivity contribution < 1.29 is 18.0 Å². The fourth-order valence-electron chi connectivity index (χ4n) is 4.34. The van der Waals surface area contributed by atoms with Crippen LogP contribution < -0.4 is 0 Å². The van der Waals surface area contributed by atoms with Crippen LogP contribution in [-0.4, -0.2) is 12.5 Å². The van der Waals surface area contributed by atoms with E-state index in [-0.39, 0.29) is 6.92 Å². The Morgan fingerprint density at radius 1 is 0.816 bits per heavy atom. The molecule has 2 aliphatic carbocycles. The van der Waals surface area contributed by atoms with Crippen molar-refractivity contribution in [2.75, 3.05) is 0 Å². The zero-order valence-corrected chi connectivity index (χ0v) is 23.1. The summed E-state index contributed by atoms with van der Waals surface area (Å²) < 4.78 is 31.1. The second kappa shape index (κ2) is 16.9. The van der Waals surface area contributed by atoms with Crippen LogP contribution in [0.3, 0.4) is 0 Å². The second-order valence-corrected chi connectivity index (χ2v) is 10.3. The van der Waals surface area contributed by atoms with Gasteiger partial charge in [-0.1, -0.05) is 131 Å². The molecule has 0 aromatic heterocycles. The van der Waals surface area contributed by atoms with Crippen LogP contribution in [0.5, 0.6) is 0 Å². The Labute approximate surface area is 227 Å². The topological polar surface area (TPSA) is 17.1 Å². The van der Waals surface area contributed by atoms with E-state index >= 15 is 0 Å². The van der Waals surface area contributed by atoms with E-state index in [0.717, 1.165) is 29.2 Å². The highest BCUT2D eigenvalue weighted by atomic mass is 19.4. The average molecular weight is 525 g/mol. The van der Waals surface area contributed by atoms with E-state index in [0.29, 0.717) is 0 Å². The molecule has 0 heterocycles. The van der Waals surface area contributed by atoms with Crippen molar-refractivity contribution in [1.82, 2.24) is 0 Å². The summed E-state index contributed by atoms with van der Waals surface area (Å²) in [5.74, 6) is 1.92. The molecule has 2 aliphatic rings. The van der Waals surface area contributed by atoms with Gasteiger partial charge in [0.25, 0.3) is 0 Å². The van der Waals surface area contributed by atoms with E-state index in [1.807, 2.05) is 55.5 Å². The third-order valence-corrected chi connectivity index (χ3v) is 7.07. The summed E-state index contributed by atoms with van der Waals surface area (Å²) >= 11 is 0. The Hall–Kier alpha value is -2.88. The minimum absolute atomic E-state index is 0.188. The third kappa shape index (κ3) is 12.6. The van der Waals surface area contributed by atoms with Crippen LogP contribution in [0.4, 0.5) is 13.2 Å². The number of rotatable bonds is 6. The van der Waals surface area contributed by atoms with Gasteiger partial charge in [-0.25, -0.2) is 0 Å². The lowest BCUT2D eigenvalue weighted by atomic mass is 9.80. The molecule has 38 heavy (non-hydrogen) atoms. The molecule has 0 unspecified atom stereocenters. The Bertz CT molecular complexity index is 1000. The number of unbranched alkanes of at least 4 members (excludes halogenated alkanes) is 1. The smallest absolute Gasteiger partial charge is 0.298 e. The number of hydrogen-bond donors (Lipinski definition) is 0. The van der Waals surface area contributed by atoms with Crippen LogP contribution in [0.15, 0.2) is 78.9 Å². The minimum Gasteiger partial charge on any atom is -0.298 e. The molecule has 1 nitrogen and oxygen atoms in total. The normalized spacial score (nSPS) is 14.7. The van der Waals surface area contributed by atoms with Crippen LogP contribution in [0, 0.1) is 12.8 Å². The quantitative estimate of drug-likeness (QED) is 0.293. The number of carbonyl (C=O) groups excluding carboxylic acids is 1. The fourth-order valence-corrected chi connectivity index (χ4v) is 4.34. The maximum absolute atomic E-state index is 10.8. The summed E-state index contributed by atoms with van der Waals surface area (Å²) in [5.41, 5.74) is 5.69. The van der Waals surface area contributed by atoms with E-state index in [1.165, 1.54) is 74.5 Å². The van der Waals surface area contributed by atoms with Gasteiger partial charge >= 0.3 is 6.18 Å². The minimum atomic E-state index is -4.00. The SMILES string of the molecule is CC(F)(F)F.CCCCC1CCC1.Cc1cc(-c2ccc(C3CCC3)cc2)ccc1C=O.c1ccccc1. The summed E-state index contributed by atoms with van der Waals surface area (Å²) in [4.78, 5) is 10.8. The number of hydrogen-bond acceptors (Lipinski definition) is 1. The molecule has 0 aliphatic heterocycles. The van der Waals surface area contributed by atoms with E-state index in [4.69, 9.17) is 0 Å². The van der Waals surface area contributed by atoms with Crippen LogP contribution >= 0.6 is 0 Å². The van der Waals surface area contributed by atoms with E-state index in [1.54, 1.807) is 0 Å². The van der Waals surface area contributed by atoms with Gasteiger partial charge in [-0.2, -0.15) is 13.2 Å². The van der Waals surface area contributed by atoms with Gasteiger partial charge in [-0.05, 0) is 53.9 Å². The molecule has 0 radical (unpaired) electrons. The molecule has 0 saturated heterocycles. The van der Waals surface area contributed by atoms with Crippen molar-refractivity contribution in [1.29, 1.82) is 0 Å². The van der Waals surface area contributed by atoms with E-state index in [9.17, 15) is 18.0 Å². The molecule has 0 spiro atoms. The first-order valence-corrected chi connectivity index (χ1v) is 13.9. The maximum atomic E-state index is 10.8. The predicted molar refractivity (Wildman–Crippen MR) is 154 cm³/mol. The summed E-state index contributed by atoms with van der Waals surface area (Å²) in [7, 11) is 0. The molecule has 4 heteroatoms. The summed E-state index contributed by atoms with van der Waals surface area (Å²) in [6.45, 7) is 4.45. The van der Waals surface area contributed by atoms with Gasteiger partial charge in [0, 0.05) is 12.5 Å². The fraction of sp³-hybridized carbons (Fsp3) is 0.441. The van der Waals surface area contributed by atoms with Gasteiger partial charge in [0.05, 0.1) is 0 Å². The zero-order valence-electron chi connectivity index (χ0n) is 23.1. The molecule has 0 amide bonds. The summed E-state index contributed by atoms with van der Waals surface area (Å²) in [6, 6.07) is 26.9. The first-order chi connectivity index (χ1) is 18.2. The Morgan fingerprint density at radius 2 is 1.32 bits per heavy atom. The third-order valence-electron chi connectivity index (χ3n) is 7.07. The van der Waals surface area contributed by atoms with E-state index in [2.05, 4.69) is 37.3 Å². The number of aldehydes is 1.